The molecule has 0 amide bonds. The molecule has 398 valence electrons. The quantitative estimate of drug-likeness (QED) is 0.0254. The molecule has 0 spiro atoms. The molecule has 1 unspecified atom stereocenters. The number of likely N-dealkylation sites (N-methyl/N-ethyl adjacent to an activating group) is 1. The third-order valence-electron chi connectivity index (χ3n) is 10.7. The molecular formula is C39H35N9O21S6. The monoisotopic (exact) mass is 1160 g/mol. The summed E-state index contributed by atoms with van der Waals surface area (Å²) in [5.41, 5.74) is -3.65. The first-order valence-electron chi connectivity index (χ1n) is 20.3. The zero-order valence-corrected chi connectivity index (χ0v) is 42.8. The van der Waals surface area contributed by atoms with Gasteiger partial charge in [-0.1, -0.05) is 11.3 Å². The van der Waals surface area contributed by atoms with Crippen molar-refractivity contribution in [2.24, 2.45) is 30.7 Å². The van der Waals surface area contributed by atoms with E-state index in [1.807, 2.05) is 0 Å². The summed E-state index contributed by atoms with van der Waals surface area (Å²) < 4.78 is 177. The number of aromatic hydroxyl groups is 2. The highest BCUT2D eigenvalue weighted by Gasteiger charge is 2.39. The van der Waals surface area contributed by atoms with E-state index in [1.54, 1.807) is 0 Å². The first-order valence-corrected chi connectivity index (χ1v) is 28.5. The molecule has 2 heterocycles. The number of anilines is 1. The Morgan fingerprint density at radius 3 is 1.97 bits per heavy atom. The number of rotatable bonds is 17. The number of phenols is 2. The van der Waals surface area contributed by atoms with Gasteiger partial charge in [-0.3, -0.25) is 22.8 Å². The number of hydrogen-bond donors (Lipinski definition) is 9. The van der Waals surface area contributed by atoms with Crippen LogP contribution < -0.4 is 9.75 Å². The van der Waals surface area contributed by atoms with Crippen LogP contribution in [0.25, 0.3) is 21.0 Å². The summed E-state index contributed by atoms with van der Waals surface area (Å²) in [5, 5.41) is 67.4. The van der Waals surface area contributed by atoms with Gasteiger partial charge >= 0.3 is 5.97 Å². The Balaban J connectivity index is 1.30. The number of carboxylic acids is 1. The largest absolute Gasteiger partial charge is 0.505 e. The number of aromatic carboxylic acids is 1. The van der Waals surface area contributed by atoms with Crippen molar-refractivity contribution in [3.63, 3.8) is 0 Å². The Morgan fingerprint density at radius 1 is 0.707 bits per heavy atom. The van der Waals surface area contributed by atoms with Crippen molar-refractivity contribution in [2.45, 2.75) is 45.9 Å². The number of carbonyl (C=O) groups is 1. The van der Waals surface area contributed by atoms with Crippen LogP contribution in [-0.2, 0) is 50.6 Å². The predicted octanol–water partition coefficient (Wildman–Crippen LogP) is 6.91. The van der Waals surface area contributed by atoms with Crippen molar-refractivity contribution in [1.29, 1.82) is 0 Å². The van der Waals surface area contributed by atoms with Crippen LogP contribution in [0.15, 0.2) is 123 Å². The lowest BCUT2D eigenvalue weighted by Gasteiger charge is -2.29. The van der Waals surface area contributed by atoms with Crippen molar-refractivity contribution in [3.8, 4) is 17.2 Å². The fourth-order valence-electron chi connectivity index (χ4n) is 7.09. The fourth-order valence-corrected chi connectivity index (χ4v) is 11.0. The van der Waals surface area contributed by atoms with Crippen LogP contribution in [0.1, 0.15) is 29.3 Å². The number of hydrogen-bond acceptors (Lipinski definition) is 25. The van der Waals surface area contributed by atoms with Crippen molar-refractivity contribution in [1.82, 2.24) is 9.99 Å². The Hall–Kier alpha value is -7.23. The summed E-state index contributed by atoms with van der Waals surface area (Å²) >= 11 is 0.904. The maximum absolute atomic E-state index is 13.0. The zero-order valence-electron chi connectivity index (χ0n) is 37.9. The number of benzene rings is 5. The van der Waals surface area contributed by atoms with Crippen LogP contribution >= 0.6 is 11.3 Å². The number of fused-ring (bicyclic) bond motifs is 2. The molecular weight excluding hydrogens is 1120 g/mol. The van der Waals surface area contributed by atoms with E-state index in [2.05, 4.69) is 35.7 Å². The number of aromatic nitrogens is 1. The van der Waals surface area contributed by atoms with Gasteiger partial charge in [-0.2, -0.15) is 42.1 Å². The lowest BCUT2D eigenvalue weighted by atomic mass is 10.1. The van der Waals surface area contributed by atoms with Gasteiger partial charge < -0.3 is 25.2 Å². The number of aliphatic hydroxyl groups excluding tert-OH is 1. The minimum atomic E-state index is -5.54. The lowest BCUT2D eigenvalue weighted by molar-refractivity contribution is 0.0693. The summed E-state index contributed by atoms with van der Waals surface area (Å²) in [7, 11) is -23.9. The van der Waals surface area contributed by atoms with Crippen molar-refractivity contribution in [2.75, 3.05) is 24.4 Å². The van der Waals surface area contributed by atoms with E-state index in [4.69, 9.17) is 4.74 Å². The normalized spacial score (nSPS) is 15.5. The van der Waals surface area contributed by atoms with E-state index in [9.17, 15) is 90.1 Å². The number of aryl methyl sites for hydroxylation is 1. The second-order valence-electron chi connectivity index (χ2n) is 15.7. The first kappa shape index (κ1) is 55.5. The van der Waals surface area contributed by atoms with Gasteiger partial charge in [0.25, 0.3) is 50.6 Å². The van der Waals surface area contributed by atoms with Crippen LogP contribution in [0.5, 0.6) is 17.2 Å². The predicted molar refractivity (Wildman–Crippen MR) is 259 cm³/mol. The maximum atomic E-state index is 13.0. The molecule has 1 atom stereocenters. The van der Waals surface area contributed by atoms with Gasteiger partial charge in [0.1, 0.15) is 49.6 Å². The summed E-state index contributed by atoms with van der Waals surface area (Å²) in [6.45, 7) is 2.43. The van der Waals surface area contributed by atoms with Crippen molar-refractivity contribution >= 4 is 122 Å². The molecule has 0 radical (unpaired) electrons. The molecule has 36 heteroatoms. The van der Waals surface area contributed by atoms with Gasteiger partial charge in [0.05, 0.1) is 44.1 Å². The van der Waals surface area contributed by atoms with E-state index >= 15 is 0 Å². The van der Waals surface area contributed by atoms with Gasteiger partial charge in [0, 0.05) is 23.9 Å². The number of nitrogens with zero attached hydrogens (tertiary/aromatic N) is 9. The minimum Gasteiger partial charge on any atom is -0.505 e. The Bertz CT molecular complexity index is 4130. The lowest BCUT2D eigenvalue weighted by Crippen LogP contribution is -2.38. The van der Waals surface area contributed by atoms with Crippen LogP contribution in [-0.4, -0.2) is 127 Å². The number of phenolic OH excluding ortho intramolecular Hbond substituents is 1. The van der Waals surface area contributed by atoms with Gasteiger partial charge in [-0.05, 0) is 80.4 Å². The van der Waals surface area contributed by atoms with Crippen LogP contribution in [0.3, 0.4) is 0 Å². The summed E-state index contributed by atoms with van der Waals surface area (Å²) in [5.74, 6) is -6.04. The molecule has 0 saturated heterocycles. The number of ether oxygens (including phenoxy) is 1. The van der Waals surface area contributed by atoms with E-state index in [-0.39, 0.29) is 34.2 Å². The molecule has 9 N–H and O–H groups in total. The smallest absolute Gasteiger partial charge is 0.339 e. The van der Waals surface area contributed by atoms with Crippen LogP contribution in [0.4, 0.5) is 33.6 Å². The fraction of sp³-hybridized carbons (Fsp3) is 0.179. The van der Waals surface area contributed by atoms with Gasteiger partial charge in [0.15, 0.2) is 11.5 Å². The molecule has 1 aromatic heterocycles. The summed E-state index contributed by atoms with van der Waals surface area (Å²) in [4.78, 5) is 12.2. The molecule has 0 saturated carbocycles. The van der Waals surface area contributed by atoms with Crippen LogP contribution in [0, 0.1) is 6.92 Å². The number of hydrazine groups is 1. The van der Waals surface area contributed by atoms with Gasteiger partial charge in [-0.25, -0.2) is 19.8 Å². The van der Waals surface area contributed by atoms with Gasteiger partial charge in [0.2, 0.25) is 11.0 Å². The Kier molecular flexibility index (Phi) is 14.9. The third kappa shape index (κ3) is 11.8. The highest BCUT2D eigenvalue weighted by molar-refractivity contribution is 7.87. The molecule has 30 nitrogen and oxygen atoms in total. The average Bonchev–Trinajstić information content (AvgIpc) is 3.79. The van der Waals surface area contributed by atoms with E-state index < -0.39 is 151 Å². The molecule has 1 aliphatic heterocycles. The topological polar surface area (TPSA) is 473 Å². The van der Waals surface area contributed by atoms with E-state index in [0.29, 0.717) is 33.4 Å². The second kappa shape index (κ2) is 20.1. The standard InChI is InChI=1S/C39H35N9O21S6/c1-17-11-27(29(69-9-4-10-71(54,55)56)16-26(17)42-46-39-40-24-7-5-19(72(57,58)59)14-30(24)70-39)43-45-33-31(74(63,64)65)15-22-21(35(33)50)6-8-25(36(22)75(66,67)68)41-44-32-18(2)47(3)48(37(32)51)28-13-20(73(60,61)62)12-23(34(28)49)38(52)53/h5-8,11-16,18,49-51H,4,9-10H2,1-3H3,(H,52,53)(H,54,55,56)(H,57,58,59)(H,60,61,62)(H,63,64,65)(H,66,67,68). The highest BCUT2D eigenvalue weighted by Crippen LogP contribution is 2.47. The number of azo groups is 3. The Labute approximate surface area is 426 Å². The van der Waals surface area contributed by atoms with Crippen LogP contribution in [0.2, 0.25) is 0 Å². The average molecular weight is 1160 g/mol. The maximum Gasteiger partial charge on any atom is 0.339 e. The molecule has 6 aromatic rings. The number of thiazole rings is 1. The first-order chi connectivity index (χ1) is 34.6. The minimum absolute atomic E-state index is 0.0262. The zero-order chi connectivity index (χ0) is 55.5. The SMILES string of the molecule is Cc1cc(N=Nc2c(S(=O)(=O)O)cc3c(S(=O)(=O)O)c(N=NC4=C(O)N(c5cc(S(=O)(=O)O)cc(C(=O)O)c5O)N(C)C4C)ccc3c2O)c(OCCCS(=O)(=O)O)cc1N=Nc1nc2ccc(S(=O)(=O)O)cc2s1. The number of aliphatic hydroxyl groups is 1. The molecule has 0 fully saturated rings. The van der Waals surface area contributed by atoms with Crippen molar-refractivity contribution in [3.05, 3.63) is 83.4 Å². The summed E-state index contributed by atoms with van der Waals surface area (Å²) in [6.07, 6.45) is -0.283. The van der Waals surface area contributed by atoms with Gasteiger partial charge in [-0.15, -0.1) is 30.7 Å². The second-order valence-corrected chi connectivity index (χ2v) is 23.9. The Morgan fingerprint density at radius 2 is 1.36 bits per heavy atom. The highest BCUT2D eigenvalue weighted by atomic mass is 32.2. The molecule has 7 rings (SSSR count). The van der Waals surface area contributed by atoms with Crippen molar-refractivity contribution < 1.29 is 94.8 Å². The van der Waals surface area contributed by atoms with E-state index in [1.165, 1.54) is 45.2 Å². The number of carboxylic acid groups (broad SMARTS) is 1. The molecule has 5 aromatic carbocycles. The van der Waals surface area contributed by atoms with E-state index in [0.717, 1.165) is 34.5 Å². The third-order valence-corrected chi connectivity index (χ3v) is 15.9. The molecule has 75 heavy (non-hydrogen) atoms. The molecule has 0 bridgehead atoms. The summed E-state index contributed by atoms with van der Waals surface area (Å²) in [6, 6.07) is 8.30. The molecule has 1 aliphatic rings. The molecule has 0 aliphatic carbocycles.